The third-order valence-electron chi connectivity index (χ3n) is 6.93. The molecule has 1 amide bonds. The summed E-state index contributed by atoms with van der Waals surface area (Å²) in [6.45, 7) is 5.39. The lowest BCUT2D eigenvalue weighted by atomic mass is 10.1. The summed E-state index contributed by atoms with van der Waals surface area (Å²) in [5, 5.41) is 3.02. The normalized spacial score (nSPS) is 14.2. The standard InChI is InChI=1S/C28H34N6O4/c1-36-22-9-8-19(18-23(22)37-2)10-11-30-28(35)24-25-27(32-21-7-4-3-6-20(21)31-25)34(26(24)29)13-5-12-33-14-16-38-17-15-33/h3-4,6-9,18H,5,10-17,29H2,1-2H3,(H,30,35). The summed E-state index contributed by atoms with van der Waals surface area (Å²) < 4.78 is 18.1. The molecule has 10 heteroatoms. The Hall–Kier alpha value is -3.89. The molecule has 3 N–H and O–H groups in total. The number of ether oxygens (including phenoxy) is 3. The lowest BCUT2D eigenvalue weighted by molar-refractivity contribution is 0.0370. The molecule has 1 saturated heterocycles. The number of hydrogen-bond donors (Lipinski definition) is 2. The van der Waals surface area contributed by atoms with Crippen molar-refractivity contribution in [2.75, 3.05) is 59.3 Å². The topological polar surface area (TPSA) is 117 Å². The van der Waals surface area contributed by atoms with Gasteiger partial charge in [0.15, 0.2) is 17.1 Å². The van der Waals surface area contributed by atoms with Crippen molar-refractivity contribution in [2.45, 2.75) is 19.4 Å². The number of aryl methyl sites for hydroxylation is 1. The molecule has 5 rings (SSSR count). The van der Waals surface area contributed by atoms with Crippen molar-refractivity contribution in [1.29, 1.82) is 0 Å². The third-order valence-corrected chi connectivity index (χ3v) is 6.93. The van der Waals surface area contributed by atoms with Crippen LogP contribution in [-0.4, -0.2) is 79.0 Å². The minimum Gasteiger partial charge on any atom is -0.493 e. The van der Waals surface area contributed by atoms with E-state index in [4.69, 9.17) is 29.9 Å². The molecule has 1 aliphatic rings. The summed E-state index contributed by atoms with van der Waals surface area (Å²) in [5.74, 6) is 1.45. The summed E-state index contributed by atoms with van der Waals surface area (Å²) in [5.41, 5.74) is 10.7. The molecule has 4 aromatic rings. The molecule has 10 nitrogen and oxygen atoms in total. The van der Waals surface area contributed by atoms with Crippen molar-refractivity contribution >= 4 is 33.9 Å². The van der Waals surface area contributed by atoms with Gasteiger partial charge in [0.1, 0.15) is 16.9 Å². The van der Waals surface area contributed by atoms with Crippen LogP contribution in [0.1, 0.15) is 22.3 Å². The van der Waals surface area contributed by atoms with Gasteiger partial charge in [0.2, 0.25) is 0 Å². The lowest BCUT2D eigenvalue weighted by Crippen LogP contribution is -2.37. The van der Waals surface area contributed by atoms with Crippen LogP contribution < -0.4 is 20.5 Å². The smallest absolute Gasteiger partial charge is 0.257 e. The molecular formula is C28H34N6O4. The van der Waals surface area contributed by atoms with Crippen LogP contribution in [0.4, 0.5) is 5.82 Å². The van der Waals surface area contributed by atoms with Gasteiger partial charge < -0.3 is 29.8 Å². The van der Waals surface area contributed by atoms with E-state index < -0.39 is 0 Å². The molecule has 0 unspecified atom stereocenters. The Morgan fingerprint density at radius 1 is 1.03 bits per heavy atom. The van der Waals surface area contributed by atoms with Gasteiger partial charge >= 0.3 is 0 Å². The molecule has 0 bridgehead atoms. The average Bonchev–Trinajstić information content (AvgIpc) is 3.22. The second-order valence-electron chi connectivity index (χ2n) is 9.30. The number of nitrogens with two attached hydrogens (primary N) is 1. The first-order valence-electron chi connectivity index (χ1n) is 12.9. The monoisotopic (exact) mass is 518 g/mol. The van der Waals surface area contributed by atoms with Crippen LogP contribution >= 0.6 is 0 Å². The summed E-state index contributed by atoms with van der Waals surface area (Å²) in [4.78, 5) is 25.5. The number of carbonyl (C=O) groups excluding carboxylic acids is 1. The number of morpholine rings is 1. The van der Waals surface area contributed by atoms with Gasteiger partial charge in [-0.1, -0.05) is 18.2 Å². The fourth-order valence-corrected chi connectivity index (χ4v) is 4.89. The van der Waals surface area contributed by atoms with Gasteiger partial charge in [-0.3, -0.25) is 9.69 Å². The van der Waals surface area contributed by atoms with Gasteiger partial charge in [-0.15, -0.1) is 0 Å². The SMILES string of the molecule is COc1ccc(CCNC(=O)c2c(N)n(CCCN3CCOCC3)c3nc4ccccc4nc23)cc1OC. The molecule has 2 aromatic heterocycles. The fourth-order valence-electron chi connectivity index (χ4n) is 4.89. The number of rotatable bonds is 10. The number of nitrogens with one attached hydrogen (secondary N) is 1. The van der Waals surface area contributed by atoms with E-state index >= 15 is 0 Å². The number of carbonyl (C=O) groups is 1. The zero-order chi connectivity index (χ0) is 26.5. The number of nitrogens with zero attached hydrogens (tertiary/aromatic N) is 4. The Bertz CT molecular complexity index is 1430. The van der Waals surface area contributed by atoms with Crippen LogP contribution in [0.2, 0.25) is 0 Å². The molecule has 0 radical (unpaired) electrons. The highest BCUT2D eigenvalue weighted by Crippen LogP contribution is 2.29. The summed E-state index contributed by atoms with van der Waals surface area (Å²) in [6, 6.07) is 13.4. The Morgan fingerprint density at radius 3 is 2.50 bits per heavy atom. The maximum Gasteiger partial charge on any atom is 0.257 e. The molecule has 0 aliphatic carbocycles. The number of methoxy groups -OCH3 is 2. The minimum absolute atomic E-state index is 0.260. The maximum atomic E-state index is 13.4. The van der Waals surface area contributed by atoms with E-state index in [-0.39, 0.29) is 5.91 Å². The summed E-state index contributed by atoms with van der Waals surface area (Å²) in [6.07, 6.45) is 1.50. The number of nitrogen functional groups attached to an aromatic ring is 1. The summed E-state index contributed by atoms with van der Waals surface area (Å²) >= 11 is 0. The number of amides is 1. The first-order chi connectivity index (χ1) is 18.6. The fraction of sp³-hybridized carbons (Fsp3) is 0.393. The zero-order valence-corrected chi connectivity index (χ0v) is 21.9. The highest BCUT2D eigenvalue weighted by Gasteiger charge is 2.24. The first-order valence-corrected chi connectivity index (χ1v) is 12.9. The largest absolute Gasteiger partial charge is 0.493 e. The number of aromatic nitrogens is 3. The molecule has 1 aliphatic heterocycles. The van der Waals surface area contributed by atoms with Crippen LogP contribution in [-0.2, 0) is 17.7 Å². The Balaban J connectivity index is 1.36. The van der Waals surface area contributed by atoms with E-state index in [0.717, 1.165) is 55.9 Å². The Labute approximate surface area is 221 Å². The van der Waals surface area contributed by atoms with E-state index in [1.165, 1.54) is 0 Å². The number of benzene rings is 2. The van der Waals surface area contributed by atoms with Crippen LogP contribution in [0.15, 0.2) is 42.5 Å². The molecule has 1 fully saturated rings. The van der Waals surface area contributed by atoms with Crippen molar-refractivity contribution in [3.8, 4) is 11.5 Å². The highest BCUT2D eigenvalue weighted by molar-refractivity contribution is 6.10. The molecule has 3 heterocycles. The van der Waals surface area contributed by atoms with E-state index in [0.29, 0.717) is 53.6 Å². The predicted octanol–water partition coefficient (Wildman–Crippen LogP) is 2.88. The summed E-state index contributed by atoms with van der Waals surface area (Å²) in [7, 11) is 3.21. The number of fused-ring (bicyclic) bond motifs is 2. The van der Waals surface area contributed by atoms with Crippen molar-refractivity contribution in [1.82, 2.24) is 24.8 Å². The van der Waals surface area contributed by atoms with E-state index in [9.17, 15) is 4.79 Å². The Kier molecular flexibility index (Phi) is 7.90. The molecule has 38 heavy (non-hydrogen) atoms. The van der Waals surface area contributed by atoms with Crippen molar-refractivity contribution in [3.05, 3.63) is 53.6 Å². The van der Waals surface area contributed by atoms with Crippen molar-refractivity contribution in [3.63, 3.8) is 0 Å². The number of anilines is 1. The van der Waals surface area contributed by atoms with Gasteiger partial charge in [-0.05, 0) is 42.7 Å². The molecule has 0 spiro atoms. The second-order valence-corrected chi connectivity index (χ2v) is 9.30. The maximum absolute atomic E-state index is 13.4. The molecule has 0 saturated carbocycles. The molecule has 200 valence electrons. The molecule has 2 aromatic carbocycles. The highest BCUT2D eigenvalue weighted by atomic mass is 16.5. The van der Waals surface area contributed by atoms with Crippen molar-refractivity contribution in [2.24, 2.45) is 0 Å². The van der Waals surface area contributed by atoms with Crippen LogP contribution in [0.3, 0.4) is 0 Å². The van der Waals surface area contributed by atoms with E-state index in [1.807, 2.05) is 47.0 Å². The predicted molar refractivity (Wildman–Crippen MR) is 147 cm³/mol. The Morgan fingerprint density at radius 2 is 1.76 bits per heavy atom. The lowest BCUT2D eigenvalue weighted by Gasteiger charge is -2.26. The van der Waals surface area contributed by atoms with Crippen molar-refractivity contribution < 1.29 is 19.0 Å². The van der Waals surface area contributed by atoms with E-state index in [2.05, 4.69) is 10.2 Å². The second kappa shape index (κ2) is 11.7. The zero-order valence-electron chi connectivity index (χ0n) is 21.9. The van der Waals surface area contributed by atoms with Crippen LogP contribution in [0.5, 0.6) is 11.5 Å². The molecular weight excluding hydrogens is 484 g/mol. The van der Waals surface area contributed by atoms with Gasteiger partial charge in [0, 0.05) is 32.7 Å². The van der Waals surface area contributed by atoms with Crippen LogP contribution in [0, 0.1) is 0 Å². The van der Waals surface area contributed by atoms with E-state index in [1.54, 1.807) is 14.2 Å². The van der Waals surface area contributed by atoms with Crippen LogP contribution in [0.25, 0.3) is 22.2 Å². The first kappa shape index (κ1) is 25.7. The number of hydrogen-bond acceptors (Lipinski definition) is 8. The van der Waals surface area contributed by atoms with Gasteiger partial charge in [0.25, 0.3) is 5.91 Å². The third kappa shape index (κ3) is 5.36. The molecule has 0 atom stereocenters. The average molecular weight is 519 g/mol. The van der Waals surface area contributed by atoms with Gasteiger partial charge in [0.05, 0.1) is 38.5 Å². The van der Waals surface area contributed by atoms with Gasteiger partial charge in [-0.2, -0.15) is 0 Å². The minimum atomic E-state index is -0.260. The quantitative estimate of drug-likeness (QED) is 0.329. The van der Waals surface area contributed by atoms with Gasteiger partial charge in [-0.25, -0.2) is 9.97 Å². The number of para-hydroxylation sites is 2.